The van der Waals surface area contributed by atoms with E-state index in [9.17, 15) is 49.1 Å². The van der Waals surface area contributed by atoms with Gasteiger partial charge in [-0.05, 0) is 0 Å². The molecule has 0 aromatic carbocycles. The molecule has 0 spiro atoms. The zero-order valence-electron chi connectivity index (χ0n) is 13.1. The van der Waals surface area contributed by atoms with Crippen LogP contribution in [0.3, 0.4) is 0 Å². The molecule has 0 amide bonds. The lowest BCUT2D eigenvalue weighted by Gasteiger charge is -2.34. The van der Waals surface area contributed by atoms with Crippen LogP contribution in [-0.2, 0) is 14.3 Å². The van der Waals surface area contributed by atoms with Gasteiger partial charge < -0.3 is 14.9 Å². The van der Waals surface area contributed by atoms with Gasteiger partial charge in [0.1, 0.15) is 6.61 Å². The maximum atomic E-state index is 13.0. The van der Waals surface area contributed by atoms with Gasteiger partial charge in [-0.2, -0.15) is 39.5 Å². The molecule has 0 aliphatic carbocycles. The average molecular weight is 420 g/mol. The van der Waals surface area contributed by atoms with Gasteiger partial charge in [0.2, 0.25) is 0 Å². The summed E-state index contributed by atoms with van der Waals surface area (Å²) < 4.78 is 116. The first-order chi connectivity index (χ1) is 11.9. The predicted octanol–water partition coefficient (Wildman–Crippen LogP) is 3.19. The Morgan fingerprint density at radius 1 is 0.926 bits per heavy atom. The number of aliphatic carboxylic acids is 1. The van der Waals surface area contributed by atoms with Gasteiger partial charge in [0.25, 0.3) is 0 Å². The second-order valence-electron chi connectivity index (χ2n) is 4.59. The zero-order chi connectivity index (χ0) is 22.3. The fourth-order valence-corrected chi connectivity index (χ4v) is 1.13. The molecule has 27 heavy (non-hydrogen) atoms. The van der Waals surface area contributed by atoms with E-state index in [2.05, 4.69) is 17.9 Å². The molecular formula is C13H13F9O5. The summed E-state index contributed by atoms with van der Waals surface area (Å²) in [4.78, 5) is 19.8. The zero-order valence-corrected chi connectivity index (χ0v) is 13.1. The van der Waals surface area contributed by atoms with Crippen molar-refractivity contribution in [1.82, 2.24) is 0 Å². The molecule has 0 aromatic heterocycles. The van der Waals surface area contributed by atoms with E-state index < -0.39 is 55.0 Å². The van der Waals surface area contributed by atoms with Crippen molar-refractivity contribution < 1.29 is 64.1 Å². The van der Waals surface area contributed by atoms with E-state index in [4.69, 9.17) is 10.2 Å². The molecule has 0 heterocycles. The Morgan fingerprint density at radius 3 is 1.63 bits per heavy atom. The lowest BCUT2D eigenvalue weighted by Crippen LogP contribution is -2.61. The molecule has 1 unspecified atom stereocenters. The molecule has 14 heteroatoms. The standard InChI is InChI=1S/C10H9F9O3.C3H4O2/c1-2-6(21)22-4-5(20)3-7(11,12)8(13,14)9(15,16)10(17,18)19;1-2-3(4)5/h2,5,20H,1,3-4H2;2H,1H2,(H,4,5). The van der Waals surface area contributed by atoms with E-state index in [1.807, 2.05) is 0 Å². The van der Waals surface area contributed by atoms with E-state index in [1.54, 1.807) is 0 Å². The molecule has 0 radical (unpaired) electrons. The molecular weight excluding hydrogens is 407 g/mol. The average Bonchev–Trinajstić information content (AvgIpc) is 2.51. The van der Waals surface area contributed by atoms with Gasteiger partial charge in [0.05, 0.1) is 6.10 Å². The third-order valence-corrected chi connectivity index (χ3v) is 2.46. The summed E-state index contributed by atoms with van der Waals surface area (Å²) in [6, 6.07) is 0. The summed E-state index contributed by atoms with van der Waals surface area (Å²) in [6.07, 6.45) is -10.7. The fourth-order valence-electron chi connectivity index (χ4n) is 1.13. The monoisotopic (exact) mass is 420 g/mol. The highest BCUT2D eigenvalue weighted by atomic mass is 19.4. The van der Waals surface area contributed by atoms with Crippen molar-refractivity contribution in [2.45, 2.75) is 36.5 Å². The number of carboxylic acid groups (broad SMARTS) is 1. The highest BCUT2D eigenvalue weighted by Gasteiger charge is 2.81. The second kappa shape index (κ2) is 9.62. The third kappa shape index (κ3) is 7.48. The quantitative estimate of drug-likeness (QED) is 0.358. The Morgan fingerprint density at radius 2 is 1.33 bits per heavy atom. The number of aliphatic hydroxyl groups is 1. The van der Waals surface area contributed by atoms with Crippen LogP contribution >= 0.6 is 0 Å². The minimum atomic E-state index is -7.03. The molecule has 0 aliphatic heterocycles. The van der Waals surface area contributed by atoms with Gasteiger partial charge in [0, 0.05) is 18.6 Å². The second-order valence-corrected chi connectivity index (χ2v) is 4.59. The Balaban J connectivity index is 0. The first-order valence-electron chi connectivity index (χ1n) is 6.40. The van der Waals surface area contributed by atoms with Gasteiger partial charge in [-0.15, -0.1) is 0 Å². The van der Waals surface area contributed by atoms with E-state index in [-0.39, 0.29) is 0 Å². The van der Waals surface area contributed by atoms with Crippen LogP contribution in [0.15, 0.2) is 25.3 Å². The first-order valence-corrected chi connectivity index (χ1v) is 6.40. The topological polar surface area (TPSA) is 83.8 Å². The smallest absolute Gasteiger partial charge is 0.460 e. The summed E-state index contributed by atoms with van der Waals surface area (Å²) in [5.74, 6) is -22.0. The van der Waals surface area contributed by atoms with Crippen molar-refractivity contribution in [3.63, 3.8) is 0 Å². The number of ether oxygens (including phenoxy) is 1. The largest absolute Gasteiger partial charge is 0.478 e. The number of hydrogen-bond donors (Lipinski definition) is 2. The van der Waals surface area contributed by atoms with Crippen molar-refractivity contribution in [2.24, 2.45) is 0 Å². The van der Waals surface area contributed by atoms with Gasteiger partial charge in [0.15, 0.2) is 0 Å². The summed E-state index contributed by atoms with van der Waals surface area (Å²) in [5, 5.41) is 16.5. The Bertz CT molecular complexity index is 543. The Hall–Kier alpha value is -2.25. The summed E-state index contributed by atoms with van der Waals surface area (Å²) in [6.45, 7) is 4.50. The van der Waals surface area contributed by atoms with E-state index in [0.717, 1.165) is 6.08 Å². The molecule has 0 aromatic rings. The molecule has 0 aliphatic rings. The molecule has 0 rings (SSSR count). The summed E-state index contributed by atoms with van der Waals surface area (Å²) >= 11 is 0. The summed E-state index contributed by atoms with van der Waals surface area (Å²) in [5.41, 5.74) is 0. The number of hydrogen-bond acceptors (Lipinski definition) is 4. The van der Waals surface area contributed by atoms with E-state index in [1.165, 1.54) is 0 Å². The van der Waals surface area contributed by atoms with Crippen molar-refractivity contribution in [3.8, 4) is 0 Å². The van der Waals surface area contributed by atoms with Crippen LogP contribution in [0.2, 0.25) is 0 Å². The number of carboxylic acids is 1. The molecule has 1 atom stereocenters. The Labute approximate surface area is 145 Å². The van der Waals surface area contributed by atoms with Crippen LogP contribution in [-0.4, -0.2) is 58.8 Å². The first kappa shape index (κ1) is 27.0. The predicted molar refractivity (Wildman–Crippen MR) is 70.5 cm³/mol. The lowest BCUT2D eigenvalue weighted by molar-refractivity contribution is -0.398. The number of esters is 1. The van der Waals surface area contributed by atoms with Crippen molar-refractivity contribution >= 4 is 11.9 Å². The molecule has 158 valence electrons. The SMILES string of the molecule is C=CC(=O)O.C=CC(=O)OCC(O)CC(F)(F)C(F)(F)C(F)(F)C(F)(F)F. The number of rotatable bonds is 8. The van der Waals surface area contributed by atoms with Crippen LogP contribution in [0.5, 0.6) is 0 Å². The van der Waals surface area contributed by atoms with Crippen LogP contribution < -0.4 is 0 Å². The van der Waals surface area contributed by atoms with Gasteiger partial charge in [-0.3, -0.25) is 0 Å². The molecule has 0 fully saturated rings. The third-order valence-electron chi connectivity index (χ3n) is 2.46. The molecule has 0 bridgehead atoms. The van der Waals surface area contributed by atoms with Gasteiger partial charge in [-0.1, -0.05) is 13.2 Å². The van der Waals surface area contributed by atoms with Gasteiger partial charge >= 0.3 is 35.9 Å². The van der Waals surface area contributed by atoms with E-state index in [0.29, 0.717) is 6.08 Å². The maximum Gasteiger partial charge on any atom is 0.460 e. The van der Waals surface area contributed by atoms with Gasteiger partial charge in [-0.25, -0.2) is 9.59 Å². The normalized spacial score (nSPS) is 13.7. The fraction of sp³-hybridized carbons (Fsp3) is 0.538. The van der Waals surface area contributed by atoms with E-state index >= 15 is 0 Å². The van der Waals surface area contributed by atoms with Crippen LogP contribution in [0.4, 0.5) is 39.5 Å². The number of halogens is 9. The summed E-state index contributed by atoms with van der Waals surface area (Å²) in [7, 11) is 0. The minimum absolute atomic E-state index is 0.511. The lowest BCUT2D eigenvalue weighted by atomic mass is 9.98. The number of carbonyl (C=O) groups excluding carboxylic acids is 1. The molecule has 2 N–H and O–H groups in total. The van der Waals surface area contributed by atoms with Crippen LogP contribution in [0.25, 0.3) is 0 Å². The van der Waals surface area contributed by atoms with Crippen molar-refractivity contribution in [2.75, 3.05) is 6.61 Å². The minimum Gasteiger partial charge on any atom is -0.478 e. The van der Waals surface area contributed by atoms with Crippen molar-refractivity contribution in [3.05, 3.63) is 25.3 Å². The highest BCUT2D eigenvalue weighted by Crippen LogP contribution is 2.54. The Kier molecular flexibility index (Phi) is 9.61. The maximum absolute atomic E-state index is 13.0. The molecule has 0 saturated carbocycles. The molecule has 0 saturated heterocycles. The number of aliphatic hydroxyl groups excluding tert-OH is 1. The highest BCUT2D eigenvalue weighted by molar-refractivity contribution is 5.81. The molecule has 5 nitrogen and oxygen atoms in total. The van der Waals surface area contributed by atoms with Crippen molar-refractivity contribution in [1.29, 1.82) is 0 Å². The van der Waals surface area contributed by atoms with Crippen LogP contribution in [0, 0.1) is 0 Å². The number of alkyl halides is 9. The van der Waals surface area contributed by atoms with Crippen LogP contribution in [0.1, 0.15) is 6.42 Å². The number of carbonyl (C=O) groups is 2.